The molecule has 25 heavy (non-hydrogen) atoms. The number of carbonyl (C=O) groups is 1. The number of ketones is 1. The van der Waals surface area contributed by atoms with Gasteiger partial charge in [-0.2, -0.15) is 0 Å². The Kier molecular flexibility index (Phi) is 7.48. The van der Waals surface area contributed by atoms with E-state index < -0.39 is 6.10 Å². The lowest BCUT2D eigenvalue weighted by atomic mass is 10.00. The maximum atomic E-state index is 12.0. The van der Waals surface area contributed by atoms with Crippen molar-refractivity contribution >= 4 is 5.78 Å². The predicted molar refractivity (Wildman–Crippen MR) is 98.3 cm³/mol. The number of benzene rings is 2. The van der Waals surface area contributed by atoms with Gasteiger partial charge >= 0.3 is 0 Å². The van der Waals surface area contributed by atoms with Crippen LogP contribution in [-0.2, 0) is 17.6 Å². The highest BCUT2D eigenvalue weighted by molar-refractivity contribution is 5.79. The van der Waals surface area contributed by atoms with Crippen LogP contribution in [0, 0.1) is 0 Å². The second kappa shape index (κ2) is 9.84. The van der Waals surface area contributed by atoms with Crippen molar-refractivity contribution in [3.05, 3.63) is 59.7 Å². The van der Waals surface area contributed by atoms with Gasteiger partial charge in [0.05, 0.1) is 20.3 Å². The average Bonchev–Trinajstić information content (AvgIpc) is 2.65. The van der Waals surface area contributed by atoms with Crippen LogP contribution in [0.5, 0.6) is 11.5 Å². The van der Waals surface area contributed by atoms with Crippen LogP contribution in [0.2, 0.25) is 0 Å². The molecule has 0 radical (unpaired) electrons. The molecule has 0 aliphatic rings. The zero-order valence-electron chi connectivity index (χ0n) is 14.9. The molecule has 2 aromatic carbocycles. The van der Waals surface area contributed by atoms with Crippen molar-refractivity contribution in [2.75, 3.05) is 14.2 Å². The lowest BCUT2D eigenvalue weighted by Gasteiger charge is -2.12. The second-order valence-corrected chi connectivity index (χ2v) is 6.11. The zero-order chi connectivity index (χ0) is 18.1. The summed E-state index contributed by atoms with van der Waals surface area (Å²) in [5.74, 6) is 1.46. The first kappa shape index (κ1) is 19.0. The molecular formula is C21H26O4. The van der Waals surface area contributed by atoms with Crippen LogP contribution in [-0.4, -0.2) is 31.2 Å². The number of Topliss-reactive ketones (excluding diaryl/α,β-unsaturated/α-hetero) is 1. The number of ether oxygens (including phenoxy) is 2. The highest BCUT2D eigenvalue weighted by Gasteiger charge is 2.12. The summed E-state index contributed by atoms with van der Waals surface area (Å²) in [5.41, 5.74) is 2.20. The molecule has 0 fully saturated rings. The molecule has 1 unspecified atom stereocenters. The van der Waals surface area contributed by atoms with E-state index in [2.05, 4.69) is 0 Å². The van der Waals surface area contributed by atoms with E-state index in [1.54, 1.807) is 14.2 Å². The standard InChI is InChI=1S/C21H26O4/c1-24-20-13-10-17(14-21(20)25-2)9-12-19(23)15-18(22)11-8-16-6-4-3-5-7-16/h3-7,10,13-14,19,23H,8-9,11-12,15H2,1-2H3. The molecule has 4 nitrogen and oxygen atoms in total. The van der Waals surface area contributed by atoms with Gasteiger partial charge in [0.2, 0.25) is 0 Å². The molecule has 134 valence electrons. The molecule has 0 aliphatic carbocycles. The van der Waals surface area contributed by atoms with Crippen molar-refractivity contribution < 1.29 is 19.4 Å². The minimum atomic E-state index is -0.614. The molecule has 0 spiro atoms. The van der Waals surface area contributed by atoms with Crippen molar-refractivity contribution in [1.29, 1.82) is 0 Å². The largest absolute Gasteiger partial charge is 0.493 e. The molecule has 1 N–H and O–H groups in total. The van der Waals surface area contributed by atoms with E-state index in [1.165, 1.54) is 0 Å². The van der Waals surface area contributed by atoms with Gasteiger partial charge < -0.3 is 14.6 Å². The van der Waals surface area contributed by atoms with E-state index in [9.17, 15) is 9.90 Å². The van der Waals surface area contributed by atoms with Crippen molar-refractivity contribution in [1.82, 2.24) is 0 Å². The topological polar surface area (TPSA) is 55.8 Å². The molecule has 0 aliphatic heterocycles. The molecule has 2 aromatic rings. The summed E-state index contributed by atoms with van der Waals surface area (Å²) in [7, 11) is 3.20. The quantitative estimate of drug-likeness (QED) is 0.717. The molecule has 4 heteroatoms. The summed E-state index contributed by atoms with van der Waals surface area (Å²) < 4.78 is 10.5. The third-order valence-corrected chi connectivity index (χ3v) is 4.21. The minimum Gasteiger partial charge on any atom is -0.493 e. The van der Waals surface area contributed by atoms with E-state index in [1.807, 2.05) is 48.5 Å². The second-order valence-electron chi connectivity index (χ2n) is 6.11. The summed E-state index contributed by atoms with van der Waals surface area (Å²) in [6, 6.07) is 15.6. The Morgan fingerprint density at radius 3 is 2.36 bits per heavy atom. The van der Waals surface area contributed by atoms with Crippen LogP contribution in [0.1, 0.15) is 30.4 Å². The van der Waals surface area contributed by atoms with Gasteiger partial charge in [-0.15, -0.1) is 0 Å². The summed E-state index contributed by atoms with van der Waals surface area (Å²) in [5, 5.41) is 10.1. The van der Waals surface area contributed by atoms with Crippen LogP contribution >= 0.6 is 0 Å². The lowest BCUT2D eigenvalue weighted by molar-refractivity contribution is -0.120. The number of hydrogen-bond acceptors (Lipinski definition) is 4. The Balaban J connectivity index is 1.76. The monoisotopic (exact) mass is 342 g/mol. The zero-order valence-corrected chi connectivity index (χ0v) is 14.9. The Hall–Kier alpha value is -2.33. The highest BCUT2D eigenvalue weighted by atomic mass is 16.5. The fourth-order valence-corrected chi connectivity index (χ4v) is 2.76. The van der Waals surface area contributed by atoms with Crippen LogP contribution in [0.15, 0.2) is 48.5 Å². The predicted octanol–water partition coefficient (Wildman–Crippen LogP) is 3.59. The first-order valence-electron chi connectivity index (χ1n) is 8.57. The van der Waals surface area contributed by atoms with Crippen molar-refractivity contribution in [3.63, 3.8) is 0 Å². The first-order chi connectivity index (χ1) is 12.1. The Labute approximate surface area is 149 Å². The average molecular weight is 342 g/mol. The van der Waals surface area contributed by atoms with Crippen molar-refractivity contribution in [3.8, 4) is 11.5 Å². The van der Waals surface area contributed by atoms with E-state index >= 15 is 0 Å². The third-order valence-electron chi connectivity index (χ3n) is 4.21. The molecule has 0 saturated carbocycles. The van der Waals surface area contributed by atoms with Gasteiger partial charge in [0.1, 0.15) is 5.78 Å². The maximum Gasteiger partial charge on any atom is 0.160 e. The van der Waals surface area contributed by atoms with Gasteiger partial charge in [-0.3, -0.25) is 4.79 Å². The van der Waals surface area contributed by atoms with Crippen LogP contribution in [0.3, 0.4) is 0 Å². The number of rotatable bonds is 10. The maximum absolute atomic E-state index is 12.0. The van der Waals surface area contributed by atoms with Gasteiger partial charge in [-0.05, 0) is 42.5 Å². The number of carbonyl (C=O) groups excluding carboxylic acids is 1. The number of aryl methyl sites for hydroxylation is 2. The summed E-state index contributed by atoms with van der Waals surface area (Å²) in [4.78, 5) is 12.0. The smallest absolute Gasteiger partial charge is 0.160 e. The Morgan fingerprint density at radius 2 is 1.68 bits per heavy atom. The molecule has 0 aromatic heterocycles. The van der Waals surface area contributed by atoms with Gasteiger partial charge in [-0.1, -0.05) is 36.4 Å². The Bertz CT molecular complexity index is 667. The van der Waals surface area contributed by atoms with E-state index in [0.29, 0.717) is 30.8 Å². The van der Waals surface area contributed by atoms with E-state index in [-0.39, 0.29) is 12.2 Å². The SMILES string of the molecule is COc1ccc(CCC(O)CC(=O)CCc2ccccc2)cc1OC. The van der Waals surface area contributed by atoms with Gasteiger partial charge in [0.15, 0.2) is 11.5 Å². The van der Waals surface area contributed by atoms with Gasteiger partial charge in [0, 0.05) is 12.8 Å². The fourth-order valence-electron chi connectivity index (χ4n) is 2.76. The molecule has 0 amide bonds. The number of methoxy groups -OCH3 is 2. The van der Waals surface area contributed by atoms with Gasteiger partial charge in [0.25, 0.3) is 0 Å². The van der Waals surface area contributed by atoms with Gasteiger partial charge in [-0.25, -0.2) is 0 Å². The third kappa shape index (κ3) is 6.24. The summed E-state index contributed by atoms with van der Waals surface area (Å²) in [6.45, 7) is 0. The molecule has 0 heterocycles. The Morgan fingerprint density at radius 1 is 0.960 bits per heavy atom. The van der Waals surface area contributed by atoms with Crippen LogP contribution in [0.4, 0.5) is 0 Å². The fraction of sp³-hybridized carbons (Fsp3) is 0.381. The first-order valence-corrected chi connectivity index (χ1v) is 8.57. The highest BCUT2D eigenvalue weighted by Crippen LogP contribution is 2.28. The molecule has 0 saturated heterocycles. The van der Waals surface area contributed by atoms with Crippen molar-refractivity contribution in [2.45, 2.75) is 38.2 Å². The van der Waals surface area contributed by atoms with Crippen molar-refractivity contribution in [2.24, 2.45) is 0 Å². The summed E-state index contributed by atoms with van der Waals surface area (Å²) in [6.07, 6.45) is 2.02. The molecular weight excluding hydrogens is 316 g/mol. The molecule has 2 rings (SSSR count). The summed E-state index contributed by atoms with van der Waals surface area (Å²) >= 11 is 0. The minimum absolute atomic E-state index is 0.101. The van der Waals surface area contributed by atoms with Crippen LogP contribution < -0.4 is 9.47 Å². The molecule has 1 atom stereocenters. The lowest BCUT2D eigenvalue weighted by Crippen LogP contribution is -2.15. The number of aliphatic hydroxyl groups is 1. The normalized spacial score (nSPS) is 11.8. The molecule has 0 bridgehead atoms. The number of hydrogen-bond donors (Lipinski definition) is 1. The number of aliphatic hydroxyl groups excluding tert-OH is 1. The van der Waals surface area contributed by atoms with E-state index in [0.717, 1.165) is 17.5 Å². The van der Waals surface area contributed by atoms with Crippen LogP contribution in [0.25, 0.3) is 0 Å². The van der Waals surface area contributed by atoms with E-state index in [4.69, 9.17) is 9.47 Å².